The number of nitrogens with zero attached hydrogens (tertiary/aromatic N) is 4. The number of carbonyl (C=O) groups is 2. The van der Waals surface area contributed by atoms with E-state index in [1.54, 1.807) is 25.4 Å². The third kappa shape index (κ3) is 3.02. The van der Waals surface area contributed by atoms with Gasteiger partial charge in [0.05, 0.1) is 12.2 Å². The molecule has 0 saturated carbocycles. The third-order valence-corrected chi connectivity index (χ3v) is 6.12. The van der Waals surface area contributed by atoms with Crippen molar-refractivity contribution in [3.05, 3.63) is 77.6 Å². The maximum Gasteiger partial charge on any atom is 0.325 e. The molecule has 1 aliphatic rings. The van der Waals surface area contributed by atoms with Crippen LogP contribution in [0.5, 0.6) is 0 Å². The Balaban J connectivity index is 1.42. The lowest BCUT2D eigenvalue weighted by atomic mass is 9.90. The van der Waals surface area contributed by atoms with Crippen LogP contribution in [0.4, 0.5) is 4.79 Å². The van der Waals surface area contributed by atoms with Gasteiger partial charge in [0, 0.05) is 17.8 Å². The summed E-state index contributed by atoms with van der Waals surface area (Å²) >= 11 is 1.38. The molecule has 0 spiro atoms. The van der Waals surface area contributed by atoms with Crippen LogP contribution in [0.2, 0.25) is 0 Å². The molecule has 1 fully saturated rings. The monoisotopic (exact) mass is 415 g/mol. The van der Waals surface area contributed by atoms with Gasteiger partial charge in [-0.3, -0.25) is 9.69 Å². The maximum absolute atomic E-state index is 13.2. The number of rotatable bonds is 4. The van der Waals surface area contributed by atoms with E-state index in [0.29, 0.717) is 16.5 Å². The number of urea groups is 1. The topological polar surface area (TPSA) is 88.1 Å². The van der Waals surface area contributed by atoms with Crippen LogP contribution >= 0.6 is 11.3 Å². The Kier molecular flexibility index (Phi) is 4.29. The van der Waals surface area contributed by atoms with Gasteiger partial charge in [-0.2, -0.15) is 0 Å². The van der Waals surface area contributed by atoms with Gasteiger partial charge in [0.25, 0.3) is 5.91 Å². The zero-order chi connectivity index (χ0) is 20.7. The maximum atomic E-state index is 13.2. The van der Waals surface area contributed by atoms with Crippen LogP contribution in [0.1, 0.15) is 18.2 Å². The summed E-state index contributed by atoms with van der Waals surface area (Å²) in [5.41, 5.74) is 0.245. The van der Waals surface area contributed by atoms with Crippen LogP contribution in [0.3, 0.4) is 0 Å². The van der Waals surface area contributed by atoms with Crippen molar-refractivity contribution in [2.45, 2.75) is 19.0 Å². The fraction of sp³-hybridized carbons (Fsp3) is 0.136. The Bertz CT molecular complexity index is 1270. The first kappa shape index (κ1) is 18.4. The van der Waals surface area contributed by atoms with Crippen LogP contribution in [-0.2, 0) is 16.9 Å². The van der Waals surface area contributed by atoms with E-state index in [-0.39, 0.29) is 12.5 Å². The third-order valence-electron chi connectivity index (χ3n) is 5.23. The molecule has 5 rings (SSSR count). The molecular weight excluding hydrogens is 398 g/mol. The van der Waals surface area contributed by atoms with E-state index in [0.717, 1.165) is 16.3 Å². The second-order valence-electron chi connectivity index (χ2n) is 7.22. The molecule has 30 heavy (non-hydrogen) atoms. The lowest BCUT2D eigenvalue weighted by Crippen LogP contribution is -2.40. The second kappa shape index (κ2) is 7.00. The minimum Gasteiger partial charge on any atom is -0.319 e. The highest BCUT2D eigenvalue weighted by molar-refractivity contribution is 7.13. The van der Waals surface area contributed by atoms with E-state index in [2.05, 4.69) is 20.3 Å². The van der Waals surface area contributed by atoms with Crippen molar-refractivity contribution in [1.29, 1.82) is 0 Å². The first-order chi connectivity index (χ1) is 14.5. The molecule has 8 heteroatoms. The average molecular weight is 415 g/mol. The molecule has 1 unspecified atom stereocenters. The summed E-state index contributed by atoms with van der Waals surface area (Å²) < 4.78 is 0. The van der Waals surface area contributed by atoms with Crippen molar-refractivity contribution in [2.24, 2.45) is 0 Å². The van der Waals surface area contributed by atoms with Crippen LogP contribution in [0.15, 0.2) is 66.3 Å². The number of thiazole rings is 1. The number of hydrogen-bond donors (Lipinski definition) is 1. The normalized spacial score (nSPS) is 18.8. The van der Waals surface area contributed by atoms with E-state index >= 15 is 0 Å². The van der Waals surface area contributed by atoms with Crippen LogP contribution < -0.4 is 5.32 Å². The van der Waals surface area contributed by atoms with Gasteiger partial charge in [0.2, 0.25) is 0 Å². The number of amides is 3. The first-order valence-electron chi connectivity index (χ1n) is 9.40. The molecule has 1 N–H and O–H groups in total. The molecule has 2 aromatic heterocycles. The lowest BCUT2D eigenvalue weighted by molar-refractivity contribution is -0.131. The van der Waals surface area contributed by atoms with Gasteiger partial charge in [-0.25, -0.2) is 19.7 Å². The molecule has 2 aromatic carbocycles. The number of fused-ring (bicyclic) bond motifs is 1. The van der Waals surface area contributed by atoms with Crippen molar-refractivity contribution in [3.8, 4) is 10.8 Å². The summed E-state index contributed by atoms with van der Waals surface area (Å²) in [5.74, 6) is 0.222. The predicted octanol–water partition coefficient (Wildman–Crippen LogP) is 3.72. The van der Waals surface area contributed by atoms with E-state index in [1.807, 2.05) is 47.8 Å². The second-order valence-corrected chi connectivity index (χ2v) is 8.08. The SMILES string of the molecule is CC1(c2ccc3ccccc3c2)NC(=O)N(Cc2csc(-c3ncccn3)n2)C1=O. The largest absolute Gasteiger partial charge is 0.325 e. The fourth-order valence-electron chi connectivity index (χ4n) is 3.59. The van der Waals surface area contributed by atoms with Gasteiger partial charge in [0.1, 0.15) is 5.54 Å². The van der Waals surface area contributed by atoms with Crippen LogP contribution in [0, 0.1) is 0 Å². The molecule has 1 aliphatic heterocycles. The Morgan fingerprint density at radius 1 is 1.03 bits per heavy atom. The molecule has 148 valence electrons. The predicted molar refractivity (Wildman–Crippen MR) is 114 cm³/mol. The van der Waals surface area contributed by atoms with Gasteiger partial charge in [-0.1, -0.05) is 36.4 Å². The van der Waals surface area contributed by atoms with Gasteiger partial charge in [0.15, 0.2) is 10.8 Å². The number of aromatic nitrogens is 3. The minimum absolute atomic E-state index is 0.0944. The zero-order valence-corrected chi connectivity index (χ0v) is 16.9. The van der Waals surface area contributed by atoms with E-state index in [1.165, 1.54) is 16.2 Å². The number of nitrogens with one attached hydrogen (secondary N) is 1. The molecule has 0 bridgehead atoms. The standard InChI is InChI=1S/C22H17N5O2S/c1-22(16-8-7-14-5-2-3-6-15(14)11-16)20(28)27(21(29)26-22)12-17-13-30-19(25-17)18-23-9-4-10-24-18/h2-11,13H,12H2,1H3,(H,26,29). The molecular formula is C22H17N5O2S. The van der Waals surface area contributed by atoms with Gasteiger partial charge >= 0.3 is 6.03 Å². The number of benzene rings is 2. The summed E-state index contributed by atoms with van der Waals surface area (Å²) in [5, 5.41) is 7.42. The number of imide groups is 1. The summed E-state index contributed by atoms with van der Waals surface area (Å²) in [6.45, 7) is 1.83. The summed E-state index contributed by atoms with van der Waals surface area (Å²) in [4.78, 5) is 40.0. The number of carbonyl (C=O) groups excluding carboxylic acids is 2. The average Bonchev–Trinajstić information content (AvgIpc) is 3.33. The molecule has 4 aromatic rings. The van der Waals surface area contributed by atoms with Gasteiger partial charge in [-0.05, 0) is 35.4 Å². The van der Waals surface area contributed by atoms with Gasteiger partial charge in [-0.15, -0.1) is 11.3 Å². The molecule has 1 atom stereocenters. The van der Waals surface area contributed by atoms with Crippen molar-refractivity contribution in [3.63, 3.8) is 0 Å². The molecule has 7 nitrogen and oxygen atoms in total. The highest BCUT2D eigenvalue weighted by atomic mass is 32.1. The summed E-state index contributed by atoms with van der Waals surface area (Å²) in [7, 11) is 0. The molecule has 0 aliphatic carbocycles. The quantitative estimate of drug-likeness (QED) is 0.513. The fourth-order valence-corrected chi connectivity index (χ4v) is 4.35. The molecule has 0 radical (unpaired) electrons. The van der Waals surface area contributed by atoms with Crippen molar-refractivity contribution in [1.82, 2.24) is 25.2 Å². The molecule has 3 heterocycles. The van der Waals surface area contributed by atoms with E-state index in [4.69, 9.17) is 0 Å². The zero-order valence-electron chi connectivity index (χ0n) is 16.1. The Hall–Kier alpha value is -3.65. The highest BCUT2D eigenvalue weighted by Crippen LogP contribution is 2.32. The Labute approximate surface area is 176 Å². The Morgan fingerprint density at radius 3 is 2.60 bits per heavy atom. The highest BCUT2D eigenvalue weighted by Gasteiger charge is 2.49. The van der Waals surface area contributed by atoms with Crippen molar-refractivity contribution in [2.75, 3.05) is 0 Å². The van der Waals surface area contributed by atoms with E-state index < -0.39 is 11.6 Å². The molecule has 3 amide bonds. The molecule has 1 saturated heterocycles. The van der Waals surface area contributed by atoms with Gasteiger partial charge < -0.3 is 5.32 Å². The summed E-state index contributed by atoms with van der Waals surface area (Å²) in [6.07, 6.45) is 3.30. The smallest absolute Gasteiger partial charge is 0.319 e. The van der Waals surface area contributed by atoms with Crippen LogP contribution in [-0.4, -0.2) is 31.8 Å². The lowest BCUT2D eigenvalue weighted by Gasteiger charge is -2.22. The van der Waals surface area contributed by atoms with E-state index in [9.17, 15) is 9.59 Å². The summed E-state index contributed by atoms with van der Waals surface area (Å²) in [6, 6.07) is 15.0. The first-order valence-corrected chi connectivity index (χ1v) is 10.3. The minimum atomic E-state index is -1.12. The van der Waals surface area contributed by atoms with Crippen LogP contribution in [0.25, 0.3) is 21.6 Å². The number of hydrogen-bond acceptors (Lipinski definition) is 6. The van der Waals surface area contributed by atoms with Crippen molar-refractivity contribution >= 4 is 34.0 Å². The van der Waals surface area contributed by atoms with Crippen molar-refractivity contribution < 1.29 is 9.59 Å². The Morgan fingerprint density at radius 2 is 1.80 bits per heavy atom.